The maximum atomic E-state index is 13.9. The highest BCUT2D eigenvalue weighted by atomic mass is 79.9. The summed E-state index contributed by atoms with van der Waals surface area (Å²) in [5, 5.41) is 48.0. The van der Waals surface area contributed by atoms with E-state index in [1.807, 2.05) is 6.07 Å². The topological polar surface area (TPSA) is 137 Å². The van der Waals surface area contributed by atoms with Crippen molar-refractivity contribution in [1.82, 2.24) is 20.0 Å². The molecule has 5 atom stereocenters. The summed E-state index contributed by atoms with van der Waals surface area (Å²) in [4.78, 5) is 4.41. The van der Waals surface area contributed by atoms with Gasteiger partial charge in [0.1, 0.15) is 58.2 Å². The fraction of sp³-hybridized carbons (Fsp3) is 0.300. The molecule has 9 nitrogen and oxygen atoms in total. The number of benzene rings is 1. The molecule has 34 heavy (non-hydrogen) atoms. The Labute approximate surface area is 209 Å². The van der Waals surface area contributed by atoms with Crippen LogP contribution in [0.15, 0.2) is 40.0 Å². The van der Waals surface area contributed by atoms with Gasteiger partial charge in [0.15, 0.2) is 5.69 Å². The van der Waals surface area contributed by atoms with Gasteiger partial charge in [-0.05, 0) is 34.1 Å². The molecule has 0 amide bonds. The van der Waals surface area contributed by atoms with Crippen molar-refractivity contribution in [3.05, 3.63) is 57.4 Å². The van der Waals surface area contributed by atoms with Crippen LogP contribution in [0.2, 0.25) is 5.02 Å². The molecule has 1 aliphatic rings. The van der Waals surface area contributed by atoms with Crippen LogP contribution in [-0.4, -0.2) is 65.7 Å². The number of aromatic nitrogens is 4. The van der Waals surface area contributed by atoms with E-state index in [2.05, 4.69) is 31.2 Å². The fourth-order valence-electron chi connectivity index (χ4n) is 3.46. The van der Waals surface area contributed by atoms with Crippen LogP contribution in [0.5, 0.6) is 0 Å². The van der Waals surface area contributed by atoms with Crippen LogP contribution < -0.4 is 0 Å². The standard InChI is InChI=1S/C20H15BrClF2N5O4S/c21-9-3-15(12(4-25)26-5-9)34-20-19(32)17(18(31)14(7-30)33-20)29-6-13(27-28-29)8-1-10(23)16(22)11(24)2-8/h1-3,5-6,14,17-20,30-32H,7H2. The van der Waals surface area contributed by atoms with E-state index in [0.29, 0.717) is 9.37 Å². The molecule has 3 N–H and O–H groups in total. The molecule has 5 unspecified atom stereocenters. The minimum atomic E-state index is -1.40. The Hall–Kier alpha value is -2.18. The molecule has 3 aromatic rings. The second-order valence-corrected chi connectivity index (χ2v) is 9.70. The van der Waals surface area contributed by atoms with Crippen LogP contribution in [0.3, 0.4) is 0 Å². The van der Waals surface area contributed by atoms with Crippen molar-refractivity contribution in [2.24, 2.45) is 0 Å². The van der Waals surface area contributed by atoms with E-state index in [-0.39, 0.29) is 17.0 Å². The molecule has 178 valence electrons. The monoisotopic (exact) mass is 573 g/mol. The van der Waals surface area contributed by atoms with Crippen molar-refractivity contribution in [3.8, 4) is 17.3 Å². The summed E-state index contributed by atoms with van der Waals surface area (Å²) in [6, 6.07) is 4.40. The van der Waals surface area contributed by atoms with Crippen LogP contribution in [0.1, 0.15) is 11.7 Å². The number of aliphatic hydroxyl groups excluding tert-OH is 3. The van der Waals surface area contributed by atoms with Gasteiger partial charge in [0.25, 0.3) is 0 Å². The Morgan fingerprint density at radius 2 is 1.94 bits per heavy atom. The van der Waals surface area contributed by atoms with Gasteiger partial charge in [0.2, 0.25) is 0 Å². The van der Waals surface area contributed by atoms with Crippen LogP contribution in [0.25, 0.3) is 11.3 Å². The summed E-state index contributed by atoms with van der Waals surface area (Å²) >= 11 is 9.78. The average molecular weight is 575 g/mol. The highest BCUT2D eigenvalue weighted by Gasteiger charge is 2.46. The molecule has 4 rings (SSSR count). The molecule has 1 saturated heterocycles. The Kier molecular flexibility index (Phi) is 7.48. The molecular weight excluding hydrogens is 560 g/mol. The first-order chi connectivity index (χ1) is 16.2. The third kappa shape index (κ3) is 4.80. The lowest BCUT2D eigenvalue weighted by atomic mass is 9.97. The second kappa shape index (κ2) is 10.2. The predicted octanol–water partition coefficient (Wildman–Crippen LogP) is 2.68. The number of thioether (sulfide) groups is 1. The van der Waals surface area contributed by atoms with Crippen molar-refractivity contribution in [3.63, 3.8) is 0 Å². The third-order valence-electron chi connectivity index (χ3n) is 5.11. The molecule has 1 aromatic carbocycles. The van der Waals surface area contributed by atoms with Crippen molar-refractivity contribution >= 4 is 39.3 Å². The number of hydrogen-bond donors (Lipinski definition) is 3. The Balaban J connectivity index is 1.66. The second-order valence-electron chi connectivity index (χ2n) is 7.26. The summed E-state index contributed by atoms with van der Waals surface area (Å²) in [7, 11) is 0. The number of rotatable bonds is 5. The number of aliphatic hydroxyl groups is 3. The van der Waals surface area contributed by atoms with Gasteiger partial charge in [-0.3, -0.25) is 0 Å². The zero-order valence-corrected chi connectivity index (χ0v) is 20.0. The Morgan fingerprint density at radius 1 is 1.24 bits per heavy atom. The van der Waals surface area contributed by atoms with E-state index < -0.39 is 53.1 Å². The van der Waals surface area contributed by atoms with Crippen LogP contribution in [-0.2, 0) is 4.74 Å². The first kappa shape index (κ1) is 24.9. The molecule has 14 heteroatoms. The van der Waals surface area contributed by atoms with E-state index >= 15 is 0 Å². The average Bonchev–Trinajstić information content (AvgIpc) is 3.29. The van der Waals surface area contributed by atoms with Crippen molar-refractivity contribution in [2.45, 2.75) is 34.7 Å². The number of nitriles is 1. The lowest BCUT2D eigenvalue weighted by molar-refractivity contribution is -0.178. The van der Waals surface area contributed by atoms with Gasteiger partial charge in [0, 0.05) is 21.1 Å². The molecule has 3 heterocycles. The van der Waals surface area contributed by atoms with E-state index in [9.17, 15) is 29.4 Å². The lowest BCUT2D eigenvalue weighted by Gasteiger charge is -2.41. The summed E-state index contributed by atoms with van der Waals surface area (Å²) < 4.78 is 35.2. The largest absolute Gasteiger partial charge is 0.394 e. The van der Waals surface area contributed by atoms with Gasteiger partial charge in [-0.15, -0.1) is 5.10 Å². The summed E-state index contributed by atoms with van der Waals surface area (Å²) in [5.74, 6) is -1.96. The van der Waals surface area contributed by atoms with Gasteiger partial charge in [-0.2, -0.15) is 5.26 Å². The van der Waals surface area contributed by atoms with Crippen LogP contribution >= 0.6 is 39.3 Å². The Bertz CT molecular complexity index is 1240. The number of nitrogens with zero attached hydrogens (tertiary/aromatic N) is 5. The van der Waals surface area contributed by atoms with Crippen LogP contribution in [0, 0.1) is 23.0 Å². The number of ether oxygens (including phenoxy) is 1. The first-order valence-corrected chi connectivity index (χ1v) is 11.7. The summed E-state index contributed by atoms with van der Waals surface area (Å²) in [5.41, 5.74) is -0.827. The zero-order chi connectivity index (χ0) is 24.6. The maximum Gasteiger partial charge on any atom is 0.154 e. The molecule has 0 bridgehead atoms. The normalized spacial score (nSPS) is 24.7. The van der Waals surface area contributed by atoms with Gasteiger partial charge in [0.05, 0.1) is 12.8 Å². The van der Waals surface area contributed by atoms with E-state index in [1.54, 1.807) is 6.07 Å². The molecule has 0 spiro atoms. The molecule has 0 saturated carbocycles. The zero-order valence-electron chi connectivity index (χ0n) is 16.9. The SMILES string of the molecule is N#Cc1ncc(Br)cc1SC1OC(CO)C(O)C(n2cc(-c3cc(F)c(Cl)c(F)c3)nn2)C1O. The number of hydrogen-bond acceptors (Lipinski definition) is 9. The van der Waals surface area contributed by atoms with Crippen molar-refractivity contribution < 1.29 is 28.8 Å². The lowest BCUT2D eigenvalue weighted by Crippen LogP contribution is -2.55. The fourth-order valence-corrected chi connectivity index (χ4v) is 5.20. The van der Waals surface area contributed by atoms with E-state index in [0.717, 1.165) is 28.6 Å². The van der Waals surface area contributed by atoms with E-state index in [1.165, 1.54) is 12.4 Å². The molecule has 1 aliphatic heterocycles. The molecule has 2 aromatic heterocycles. The highest BCUT2D eigenvalue weighted by Crippen LogP contribution is 2.39. The Morgan fingerprint density at radius 3 is 2.59 bits per heavy atom. The van der Waals surface area contributed by atoms with Crippen molar-refractivity contribution in [1.29, 1.82) is 5.26 Å². The quantitative estimate of drug-likeness (QED) is 0.393. The first-order valence-electron chi connectivity index (χ1n) is 9.65. The number of pyridine rings is 1. The minimum absolute atomic E-state index is 0.0465. The summed E-state index contributed by atoms with van der Waals surface area (Å²) in [6.45, 7) is -0.571. The third-order valence-corrected chi connectivity index (χ3v) is 7.09. The molecule has 0 aliphatic carbocycles. The molecule has 1 fully saturated rings. The van der Waals surface area contributed by atoms with Crippen molar-refractivity contribution in [2.75, 3.05) is 6.61 Å². The number of halogens is 4. The molecule has 0 radical (unpaired) electrons. The predicted molar refractivity (Wildman–Crippen MR) is 120 cm³/mol. The smallest absolute Gasteiger partial charge is 0.154 e. The maximum absolute atomic E-state index is 13.9. The van der Waals surface area contributed by atoms with Gasteiger partial charge in [-0.1, -0.05) is 28.6 Å². The van der Waals surface area contributed by atoms with Gasteiger partial charge >= 0.3 is 0 Å². The van der Waals surface area contributed by atoms with Gasteiger partial charge < -0.3 is 20.1 Å². The minimum Gasteiger partial charge on any atom is -0.394 e. The van der Waals surface area contributed by atoms with Crippen LogP contribution in [0.4, 0.5) is 8.78 Å². The van der Waals surface area contributed by atoms with E-state index in [4.69, 9.17) is 16.3 Å². The highest BCUT2D eigenvalue weighted by molar-refractivity contribution is 9.10. The van der Waals surface area contributed by atoms with Gasteiger partial charge in [-0.25, -0.2) is 18.4 Å². The molecular formula is C20H15BrClF2N5O4S. The summed E-state index contributed by atoms with van der Waals surface area (Å²) in [6.07, 6.45) is -1.15.